The molecule has 3 heteroatoms. The zero-order valence-electron chi connectivity index (χ0n) is 17.2. The Labute approximate surface area is 167 Å². The maximum atomic E-state index is 13.1. The van der Waals surface area contributed by atoms with E-state index in [0.29, 0.717) is 0 Å². The van der Waals surface area contributed by atoms with E-state index in [1.54, 1.807) is 0 Å². The van der Waals surface area contributed by atoms with Crippen LogP contribution >= 0.6 is 0 Å². The summed E-state index contributed by atoms with van der Waals surface area (Å²) in [6.45, 7) is 7.08. The quantitative estimate of drug-likeness (QED) is 0.550. The number of benzene rings is 2. The smallest absolute Gasteiger partial charge is 0.250 e. The van der Waals surface area contributed by atoms with Crippen LogP contribution in [0.25, 0.3) is 22.2 Å². The Balaban J connectivity index is 2.01. The highest BCUT2D eigenvalue weighted by Crippen LogP contribution is 2.46. The predicted octanol–water partition coefficient (Wildman–Crippen LogP) is 5.87. The molecule has 0 N–H and O–H groups in total. The van der Waals surface area contributed by atoms with Crippen LogP contribution in [0, 0.1) is 0 Å². The van der Waals surface area contributed by atoms with Crippen LogP contribution in [0.15, 0.2) is 65.7 Å². The van der Waals surface area contributed by atoms with E-state index in [1.807, 2.05) is 13.0 Å². The fourth-order valence-corrected chi connectivity index (χ4v) is 4.52. The molecule has 0 saturated carbocycles. The lowest BCUT2D eigenvalue weighted by atomic mass is 9.93. The number of hydrogen-bond acceptors (Lipinski definition) is 1. The lowest BCUT2D eigenvalue weighted by Crippen LogP contribution is -2.31. The number of unbranched alkanes of at least 4 members (excludes halogenated alkanes) is 1. The van der Waals surface area contributed by atoms with Gasteiger partial charge >= 0.3 is 0 Å². The van der Waals surface area contributed by atoms with Crippen molar-refractivity contribution in [3.8, 4) is 11.3 Å². The Kier molecular flexibility index (Phi) is 4.84. The number of hydrogen-bond donors (Lipinski definition) is 0. The number of carbonyl (C=O) groups is 1. The molecule has 2 heterocycles. The van der Waals surface area contributed by atoms with Gasteiger partial charge in [0.25, 0.3) is 0 Å². The van der Waals surface area contributed by atoms with Crippen LogP contribution in [-0.4, -0.2) is 21.9 Å². The van der Waals surface area contributed by atoms with Crippen molar-refractivity contribution in [3.05, 3.63) is 71.3 Å². The molecule has 0 fully saturated rings. The Morgan fingerprint density at radius 2 is 1.64 bits per heavy atom. The maximum Gasteiger partial charge on any atom is 0.250 e. The van der Waals surface area contributed by atoms with Crippen LogP contribution in [0.2, 0.25) is 0 Å². The molecule has 28 heavy (non-hydrogen) atoms. The standard InChI is InChI=1S/C25H28N2O/c1-5-6-16-27-23(17(2)18(3)25(27)28)22-20-14-10-11-15-21(20)26(4)24(22)19-12-8-7-9-13-19/h7-15,23H,5-6,16H2,1-4H3. The van der Waals surface area contributed by atoms with Gasteiger partial charge in [0.2, 0.25) is 5.91 Å². The summed E-state index contributed by atoms with van der Waals surface area (Å²) in [5.74, 6) is 0.183. The summed E-state index contributed by atoms with van der Waals surface area (Å²) in [7, 11) is 2.13. The molecule has 144 valence electrons. The third kappa shape index (κ3) is 2.77. The van der Waals surface area contributed by atoms with Gasteiger partial charge in [-0.25, -0.2) is 0 Å². The van der Waals surface area contributed by atoms with Crippen molar-refractivity contribution in [2.24, 2.45) is 7.05 Å². The second-order valence-corrected chi connectivity index (χ2v) is 7.77. The Hall–Kier alpha value is -2.81. The van der Waals surface area contributed by atoms with Crippen molar-refractivity contribution in [2.45, 2.75) is 39.7 Å². The molecule has 0 saturated heterocycles. The average Bonchev–Trinajstić information content (AvgIpc) is 3.13. The number of rotatable bonds is 5. The molecule has 3 aromatic rings. The molecule has 1 unspecified atom stereocenters. The molecule has 0 aliphatic carbocycles. The minimum atomic E-state index is 0.000330. The largest absolute Gasteiger partial charge is 0.343 e. The minimum Gasteiger partial charge on any atom is -0.343 e. The van der Waals surface area contributed by atoms with E-state index >= 15 is 0 Å². The molecule has 1 aliphatic heterocycles. The lowest BCUT2D eigenvalue weighted by Gasteiger charge is -2.28. The van der Waals surface area contributed by atoms with E-state index in [4.69, 9.17) is 0 Å². The van der Waals surface area contributed by atoms with Crippen molar-refractivity contribution in [2.75, 3.05) is 6.54 Å². The second-order valence-electron chi connectivity index (χ2n) is 7.77. The molecule has 1 atom stereocenters. The predicted molar refractivity (Wildman–Crippen MR) is 116 cm³/mol. The van der Waals surface area contributed by atoms with Crippen LogP contribution in [0.3, 0.4) is 0 Å². The highest BCUT2D eigenvalue weighted by molar-refractivity contribution is 6.00. The van der Waals surface area contributed by atoms with Crippen molar-refractivity contribution in [3.63, 3.8) is 0 Å². The normalized spacial score (nSPS) is 17.2. The monoisotopic (exact) mass is 372 g/mol. The van der Waals surface area contributed by atoms with Gasteiger partial charge in [-0.05, 0) is 37.5 Å². The van der Waals surface area contributed by atoms with Crippen LogP contribution in [-0.2, 0) is 11.8 Å². The van der Waals surface area contributed by atoms with Crippen LogP contribution in [0.5, 0.6) is 0 Å². The average molecular weight is 373 g/mol. The maximum absolute atomic E-state index is 13.1. The van der Waals surface area contributed by atoms with Gasteiger partial charge in [-0.2, -0.15) is 0 Å². The molecule has 4 rings (SSSR count). The first-order valence-corrected chi connectivity index (χ1v) is 10.2. The van der Waals surface area contributed by atoms with Crippen molar-refractivity contribution in [1.29, 1.82) is 0 Å². The van der Waals surface area contributed by atoms with Crippen LogP contribution < -0.4 is 0 Å². The highest BCUT2D eigenvalue weighted by Gasteiger charge is 2.38. The number of carbonyl (C=O) groups excluding carboxylic acids is 1. The van der Waals surface area contributed by atoms with E-state index in [0.717, 1.165) is 25.0 Å². The van der Waals surface area contributed by atoms with E-state index in [-0.39, 0.29) is 11.9 Å². The molecule has 0 bridgehead atoms. The SMILES string of the molecule is CCCCN1C(=O)C(C)=C(C)C1c1c(-c2ccccc2)n(C)c2ccccc12. The van der Waals surface area contributed by atoms with Gasteiger partial charge in [-0.1, -0.05) is 61.9 Å². The number of fused-ring (bicyclic) bond motifs is 1. The van der Waals surface area contributed by atoms with Gasteiger partial charge in [0.1, 0.15) is 0 Å². The minimum absolute atomic E-state index is 0.000330. The number of para-hydroxylation sites is 1. The second kappa shape index (κ2) is 7.31. The topological polar surface area (TPSA) is 25.2 Å². The van der Waals surface area contributed by atoms with Gasteiger partial charge in [0.15, 0.2) is 0 Å². The third-order valence-electron chi connectivity index (χ3n) is 6.11. The third-order valence-corrected chi connectivity index (χ3v) is 6.11. The Bertz CT molecular complexity index is 1060. The summed E-state index contributed by atoms with van der Waals surface area (Å²) in [6.07, 6.45) is 2.10. The van der Waals surface area contributed by atoms with E-state index in [9.17, 15) is 4.79 Å². The zero-order chi connectivity index (χ0) is 19.8. The fraction of sp³-hybridized carbons (Fsp3) is 0.320. The van der Waals surface area contributed by atoms with Crippen molar-refractivity contribution in [1.82, 2.24) is 9.47 Å². The van der Waals surface area contributed by atoms with Gasteiger partial charge in [0.05, 0.1) is 11.7 Å². The fourth-order valence-electron chi connectivity index (χ4n) is 4.52. The van der Waals surface area contributed by atoms with Gasteiger partial charge in [-0.15, -0.1) is 0 Å². The number of amides is 1. The van der Waals surface area contributed by atoms with Crippen molar-refractivity contribution >= 4 is 16.8 Å². The molecule has 2 aromatic carbocycles. The van der Waals surface area contributed by atoms with E-state index in [1.165, 1.54) is 33.3 Å². The summed E-state index contributed by atoms with van der Waals surface area (Å²) in [5.41, 5.74) is 6.92. The van der Waals surface area contributed by atoms with E-state index < -0.39 is 0 Å². The molecule has 1 aromatic heterocycles. The molecule has 1 aliphatic rings. The molecule has 0 radical (unpaired) electrons. The summed E-state index contributed by atoms with van der Waals surface area (Å²) >= 11 is 0. The van der Waals surface area contributed by atoms with Gasteiger partial charge in [0, 0.05) is 35.6 Å². The Morgan fingerprint density at radius 3 is 2.36 bits per heavy atom. The van der Waals surface area contributed by atoms with Crippen LogP contribution in [0.1, 0.15) is 45.2 Å². The Morgan fingerprint density at radius 1 is 0.964 bits per heavy atom. The summed E-state index contributed by atoms with van der Waals surface area (Å²) in [4.78, 5) is 15.1. The molecule has 3 nitrogen and oxygen atoms in total. The highest BCUT2D eigenvalue weighted by atomic mass is 16.2. The van der Waals surface area contributed by atoms with Crippen molar-refractivity contribution < 1.29 is 4.79 Å². The first-order valence-electron chi connectivity index (χ1n) is 10.2. The molecule has 1 amide bonds. The molecular formula is C25H28N2O. The number of aryl methyl sites for hydroxylation is 1. The first-order chi connectivity index (χ1) is 13.6. The number of aromatic nitrogens is 1. The molecular weight excluding hydrogens is 344 g/mol. The van der Waals surface area contributed by atoms with Crippen LogP contribution in [0.4, 0.5) is 0 Å². The lowest BCUT2D eigenvalue weighted by molar-refractivity contribution is -0.127. The summed E-state index contributed by atoms with van der Waals surface area (Å²) in [5, 5.41) is 1.23. The van der Waals surface area contributed by atoms with E-state index in [2.05, 4.69) is 78.9 Å². The summed E-state index contributed by atoms with van der Waals surface area (Å²) in [6, 6.07) is 19.1. The zero-order valence-corrected chi connectivity index (χ0v) is 17.2. The van der Waals surface area contributed by atoms with Gasteiger partial charge in [-0.3, -0.25) is 4.79 Å². The molecule has 0 spiro atoms. The first kappa shape index (κ1) is 18.5. The van der Waals surface area contributed by atoms with Gasteiger partial charge < -0.3 is 9.47 Å². The number of nitrogens with zero attached hydrogens (tertiary/aromatic N) is 2. The summed E-state index contributed by atoms with van der Waals surface area (Å²) < 4.78 is 2.28.